The van der Waals surface area contributed by atoms with Crippen molar-refractivity contribution in [2.75, 3.05) is 11.6 Å². The number of hydrogen-bond acceptors (Lipinski definition) is 6. The van der Waals surface area contributed by atoms with Crippen molar-refractivity contribution >= 4 is 21.8 Å². The molecule has 0 radical (unpaired) electrons. The van der Waals surface area contributed by atoms with Gasteiger partial charge in [-0.2, -0.15) is 0 Å². The van der Waals surface area contributed by atoms with Gasteiger partial charge in [-0.05, 0) is 47.4 Å². The van der Waals surface area contributed by atoms with Crippen LogP contribution >= 0.6 is 0 Å². The molecule has 3 rings (SSSR count). The van der Waals surface area contributed by atoms with Crippen molar-refractivity contribution in [2.45, 2.75) is 31.1 Å². The van der Waals surface area contributed by atoms with Gasteiger partial charge in [0.1, 0.15) is 0 Å². The first-order valence-corrected chi connectivity index (χ1v) is 10.5. The number of aromatic nitrogens is 2. The molecule has 0 aliphatic heterocycles. The Morgan fingerprint density at radius 2 is 1.57 bits per heavy atom. The third-order valence-electron chi connectivity index (χ3n) is 4.19. The fourth-order valence-electron chi connectivity index (χ4n) is 2.53. The number of hydrogen-bond donors (Lipinski definition) is 1. The van der Waals surface area contributed by atoms with Gasteiger partial charge in [-0.25, -0.2) is 8.42 Å². The highest BCUT2D eigenvalue weighted by Gasteiger charge is 2.16. The average molecular weight is 399 g/mol. The van der Waals surface area contributed by atoms with E-state index in [0.717, 1.165) is 11.8 Å². The molecule has 0 unspecified atom stereocenters. The number of nitrogens with zero attached hydrogens (tertiary/aromatic N) is 2. The Labute approximate surface area is 163 Å². The molecule has 0 bridgehead atoms. The van der Waals surface area contributed by atoms with E-state index in [0.29, 0.717) is 11.1 Å². The molecular formula is C20H21N3O4S. The molecule has 0 spiro atoms. The summed E-state index contributed by atoms with van der Waals surface area (Å²) in [5.41, 5.74) is 2.16. The lowest BCUT2D eigenvalue weighted by Crippen LogP contribution is -2.14. The van der Waals surface area contributed by atoms with Gasteiger partial charge in [0.2, 0.25) is 5.89 Å². The Hall–Kier alpha value is -3.00. The van der Waals surface area contributed by atoms with Gasteiger partial charge in [0.15, 0.2) is 9.84 Å². The third-order valence-corrected chi connectivity index (χ3v) is 5.32. The van der Waals surface area contributed by atoms with Crippen LogP contribution < -0.4 is 5.32 Å². The summed E-state index contributed by atoms with van der Waals surface area (Å²) < 4.78 is 28.5. The lowest BCUT2D eigenvalue weighted by Gasteiger charge is -2.18. The van der Waals surface area contributed by atoms with Crippen LogP contribution in [0.2, 0.25) is 0 Å². The molecule has 0 aliphatic carbocycles. The lowest BCUT2D eigenvalue weighted by atomic mass is 9.87. The molecule has 1 N–H and O–H groups in total. The minimum Gasteiger partial charge on any atom is -0.403 e. The molecule has 1 heterocycles. The summed E-state index contributed by atoms with van der Waals surface area (Å²) in [7, 11) is -3.28. The van der Waals surface area contributed by atoms with Gasteiger partial charge in [-0.3, -0.25) is 10.1 Å². The van der Waals surface area contributed by atoms with E-state index < -0.39 is 9.84 Å². The minimum atomic E-state index is -3.28. The largest absolute Gasteiger partial charge is 0.403 e. The van der Waals surface area contributed by atoms with Crippen molar-refractivity contribution in [3.05, 3.63) is 59.7 Å². The second-order valence-electron chi connectivity index (χ2n) is 7.49. The summed E-state index contributed by atoms with van der Waals surface area (Å²) in [6.07, 6.45) is 1.14. The number of carbonyl (C=O) groups excluding carboxylic acids is 1. The number of benzene rings is 2. The minimum absolute atomic E-state index is 0.00303. The Kier molecular flexibility index (Phi) is 5.08. The molecule has 28 heavy (non-hydrogen) atoms. The van der Waals surface area contributed by atoms with Crippen molar-refractivity contribution in [1.82, 2.24) is 10.2 Å². The van der Waals surface area contributed by atoms with Crippen LogP contribution in [0.15, 0.2) is 57.8 Å². The Morgan fingerprint density at radius 3 is 2.11 bits per heavy atom. The van der Waals surface area contributed by atoms with E-state index in [1.807, 2.05) is 12.1 Å². The standard InChI is InChI=1S/C20H21N3O4S/c1-20(2,3)15-9-5-13(6-10-15)17(24)21-19-23-22-18(27-19)14-7-11-16(12-8-14)28(4,25)26/h5-12H,1-4H3,(H,21,23,24). The van der Waals surface area contributed by atoms with Crippen LogP contribution in [-0.4, -0.2) is 30.8 Å². The SMILES string of the molecule is CC(C)(C)c1ccc(C(=O)Nc2nnc(-c3ccc(S(C)(=O)=O)cc3)o2)cc1. The fourth-order valence-corrected chi connectivity index (χ4v) is 3.16. The first-order valence-electron chi connectivity index (χ1n) is 8.60. The van der Waals surface area contributed by atoms with Crippen molar-refractivity contribution < 1.29 is 17.6 Å². The number of nitrogens with one attached hydrogen (secondary N) is 1. The zero-order valence-corrected chi connectivity index (χ0v) is 16.9. The van der Waals surface area contributed by atoms with Crippen molar-refractivity contribution in [1.29, 1.82) is 0 Å². The van der Waals surface area contributed by atoms with Gasteiger partial charge in [0.25, 0.3) is 5.91 Å². The van der Waals surface area contributed by atoms with E-state index in [9.17, 15) is 13.2 Å². The van der Waals surface area contributed by atoms with Crippen molar-refractivity contribution in [2.24, 2.45) is 0 Å². The van der Waals surface area contributed by atoms with Crippen LogP contribution in [0.25, 0.3) is 11.5 Å². The first-order chi connectivity index (χ1) is 13.0. The third kappa shape index (κ3) is 4.45. The molecular weight excluding hydrogens is 378 g/mol. The highest BCUT2D eigenvalue weighted by atomic mass is 32.2. The van der Waals surface area contributed by atoms with Crippen LogP contribution in [0.1, 0.15) is 36.7 Å². The Balaban J connectivity index is 1.73. The number of carbonyl (C=O) groups is 1. The van der Waals surface area contributed by atoms with Crippen LogP contribution in [0, 0.1) is 0 Å². The monoisotopic (exact) mass is 399 g/mol. The van der Waals surface area contributed by atoms with E-state index in [1.54, 1.807) is 24.3 Å². The summed E-state index contributed by atoms with van der Waals surface area (Å²) in [5, 5.41) is 10.3. The summed E-state index contributed by atoms with van der Waals surface area (Å²) >= 11 is 0. The van der Waals surface area contributed by atoms with Gasteiger partial charge in [-0.1, -0.05) is 38.0 Å². The van der Waals surface area contributed by atoms with E-state index in [4.69, 9.17) is 4.42 Å². The van der Waals surface area contributed by atoms with Gasteiger partial charge in [0.05, 0.1) is 4.90 Å². The zero-order valence-electron chi connectivity index (χ0n) is 16.1. The van der Waals surface area contributed by atoms with E-state index in [2.05, 4.69) is 36.3 Å². The maximum Gasteiger partial charge on any atom is 0.322 e. The molecule has 2 aromatic carbocycles. The molecule has 1 aromatic heterocycles. The highest BCUT2D eigenvalue weighted by Crippen LogP contribution is 2.24. The van der Waals surface area contributed by atoms with Crippen molar-refractivity contribution in [3.63, 3.8) is 0 Å². The smallest absolute Gasteiger partial charge is 0.322 e. The molecule has 8 heteroatoms. The van der Waals surface area contributed by atoms with Crippen LogP contribution in [0.5, 0.6) is 0 Å². The van der Waals surface area contributed by atoms with Gasteiger partial charge >= 0.3 is 6.01 Å². The number of anilines is 1. The predicted octanol–water partition coefficient (Wildman–Crippen LogP) is 3.69. The normalized spacial score (nSPS) is 12.0. The molecule has 7 nitrogen and oxygen atoms in total. The summed E-state index contributed by atoms with van der Waals surface area (Å²) in [5.74, 6) is -0.179. The number of sulfone groups is 1. The van der Waals surface area contributed by atoms with Crippen LogP contribution in [0.4, 0.5) is 6.01 Å². The van der Waals surface area contributed by atoms with Crippen LogP contribution in [-0.2, 0) is 15.3 Å². The van der Waals surface area contributed by atoms with Gasteiger partial charge in [-0.15, -0.1) is 5.10 Å². The van der Waals surface area contributed by atoms with E-state index >= 15 is 0 Å². The molecule has 3 aromatic rings. The lowest BCUT2D eigenvalue weighted by molar-refractivity contribution is 0.102. The van der Waals surface area contributed by atoms with Crippen molar-refractivity contribution in [3.8, 4) is 11.5 Å². The van der Waals surface area contributed by atoms with Crippen LogP contribution in [0.3, 0.4) is 0 Å². The Morgan fingerprint density at radius 1 is 0.964 bits per heavy atom. The summed E-state index contributed by atoms with van der Waals surface area (Å²) in [4.78, 5) is 12.6. The second-order valence-corrected chi connectivity index (χ2v) is 9.51. The molecule has 0 saturated heterocycles. The maximum atomic E-state index is 12.4. The predicted molar refractivity (Wildman–Crippen MR) is 106 cm³/mol. The van der Waals surface area contributed by atoms with E-state index in [-0.39, 0.29) is 28.1 Å². The summed E-state index contributed by atoms with van der Waals surface area (Å²) in [6.45, 7) is 6.31. The second kappa shape index (κ2) is 7.20. The Bertz CT molecular complexity index is 1090. The number of amides is 1. The molecule has 0 saturated carbocycles. The molecule has 0 aliphatic rings. The molecule has 1 amide bonds. The molecule has 0 fully saturated rings. The highest BCUT2D eigenvalue weighted by molar-refractivity contribution is 7.90. The zero-order chi connectivity index (χ0) is 20.5. The summed E-state index contributed by atoms with van der Waals surface area (Å²) in [6, 6.07) is 13.4. The van der Waals surface area contributed by atoms with E-state index in [1.165, 1.54) is 12.1 Å². The number of rotatable bonds is 4. The molecule has 0 atom stereocenters. The topological polar surface area (TPSA) is 102 Å². The fraction of sp³-hybridized carbons (Fsp3) is 0.250. The van der Waals surface area contributed by atoms with Gasteiger partial charge < -0.3 is 4.42 Å². The average Bonchev–Trinajstić information content (AvgIpc) is 3.09. The quantitative estimate of drug-likeness (QED) is 0.718. The van der Waals surface area contributed by atoms with Gasteiger partial charge in [0, 0.05) is 17.4 Å². The molecule has 146 valence electrons. The first kappa shape index (κ1) is 19.8. The maximum absolute atomic E-state index is 12.4.